The molecule has 2 nitrogen and oxygen atoms in total. The van der Waals surface area contributed by atoms with Gasteiger partial charge < -0.3 is 4.90 Å². The third kappa shape index (κ3) is 3.67. The van der Waals surface area contributed by atoms with Crippen molar-refractivity contribution >= 4 is 5.78 Å². The van der Waals surface area contributed by atoms with Crippen LogP contribution >= 0.6 is 0 Å². The first-order valence-corrected chi connectivity index (χ1v) is 9.28. The summed E-state index contributed by atoms with van der Waals surface area (Å²) in [5.41, 5.74) is 3.06. The van der Waals surface area contributed by atoms with Crippen LogP contribution in [0, 0.1) is 11.7 Å². The predicted molar refractivity (Wildman–Crippen MR) is 97.4 cm³/mol. The van der Waals surface area contributed by atoms with E-state index in [4.69, 9.17) is 0 Å². The number of benzene rings is 2. The highest BCUT2D eigenvalue weighted by Crippen LogP contribution is 2.31. The lowest BCUT2D eigenvalue weighted by Gasteiger charge is -2.35. The van der Waals surface area contributed by atoms with Crippen LogP contribution in [-0.4, -0.2) is 30.3 Å². The molecule has 1 aliphatic carbocycles. The summed E-state index contributed by atoms with van der Waals surface area (Å²) in [5, 5.41) is 0. The van der Waals surface area contributed by atoms with Gasteiger partial charge in [0.1, 0.15) is 5.82 Å². The largest absolute Gasteiger partial charge is 0.303 e. The molecule has 4 rings (SSSR count). The minimum Gasteiger partial charge on any atom is -0.303 e. The lowest BCUT2D eigenvalue weighted by Crippen LogP contribution is -2.38. The van der Waals surface area contributed by atoms with Gasteiger partial charge in [0.05, 0.1) is 0 Å². The molecule has 3 heteroatoms. The number of nitrogens with zero attached hydrogens (tertiary/aromatic N) is 1. The van der Waals surface area contributed by atoms with E-state index in [9.17, 15) is 9.18 Å². The van der Waals surface area contributed by atoms with Crippen molar-refractivity contribution in [2.24, 2.45) is 5.92 Å². The number of hydrogen-bond acceptors (Lipinski definition) is 2. The molecule has 1 aliphatic heterocycles. The van der Waals surface area contributed by atoms with Gasteiger partial charge in [-0.1, -0.05) is 30.3 Å². The van der Waals surface area contributed by atoms with Crippen molar-refractivity contribution in [1.29, 1.82) is 0 Å². The van der Waals surface area contributed by atoms with Gasteiger partial charge in [-0.15, -0.1) is 0 Å². The predicted octanol–water partition coefficient (Wildman–Crippen LogP) is 4.45. The molecule has 0 N–H and O–H groups in total. The Labute approximate surface area is 148 Å². The number of ketones is 1. The fourth-order valence-electron chi connectivity index (χ4n) is 4.43. The van der Waals surface area contributed by atoms with Crippen molar-refractivity contribution in [2.75, 3.05) is 19.6 Å². The van der Waals surface area contributed by atoms with E-state index in [1.807, 2.05) is 0 Å². The zero-order valence-corrected chi connectivity index (χ0v) is 14.5. The Bertz CT molecular complexity index is 750. The van der Waals surface area contributed by atoms with Crippen LogP contribution in [0.1, 0.15) is 46.7 Å². The summed E-state index contributed by atoms with van der Waals surface area (Å²) in [5.74, 6) is 0.900. The van der Waals surface area contributed by atoms with E-state index in [0.29, 0.717) is 18.3 Å². The van der Waals surface area contributed by atoms with E-state index in [1.54, 1.807) is 12.1 Å². The summed E-state index contributed by atoms with van der Waals surface area (Å²) < 4.78 is 13.5. The quantitative estimate of drug-likeness (QED) is 0.825. The number of fused-ring (bicyclic) bond motifs is 1. The van der Waals surface area contributed by atoms with E-state index >= 15 is 0 Å². The van der Waals surface area contributed by atoms with Crippen molar-refractivity contribution in [3.63, 3.8) is 0 Å². The van der Waals surface area contributed by atoms with Crippen LogP contribution in [0.25, 0.3) is 0 Å². The number of carbonyl (C=O) groups excluding carboxylic acids is 1. The second kappa shape index (κ2) is 7.09. The van der Waals surface area contributed by atoms with E-state index < -0.39 is 0 Å². The van der Waals surface area contributed by atoms with Gasteiger partial charge in [-0.05, 0) is 73.5 Å². The van der Waals surface area contributed by atoms with E-state index in [2.05, 4.69) is 35.2 Å². The average molecular weight is 337 g/mol. The average Bonchev–Trinajstić information content (AvgIpc) is 2.63. The fourth-order valence-corrected chi connectivity index (χ4v) is 4.43. The maximum Gasteiger partial charge on any atom is 0.163 e. The Kier molecular flexibility index (Phi) is 4.67. The molecule has 1 heterocycles. The third-order valence-corrected chi connectivity index (χ3v) is 5.73. The summed E-state index contributed by atoms with van der Waals surface area (Å²) in [7, 11) is 0. The van der Waals surface area contributed by atoms with Gasteiger partial charge in [0.15, 0.2) is 5.78 Å². The number of halogens is 1. The molecule has 0 amide bonds. The van der Waals surface area contributed by atoms with Gasteiger partial charge in [-0.25, -0.2) is 4.39 Å². The van der Waals surface area contributed by atoms with Crippen molar-refractivity contribution in [1.82, 2.24) is 4.90 Å². The van der Waals surface area contributed by atoms with E-state index in [-0.39, 0.29) is 11.6 Å². The number of Topliss-reactive ketones (excluding diaryl/α,β-unsaturated/α-hetero) is 1. The molecule has 2 aromatic rings. The summed E-state index contributed by atoms with van der Waals surface area (Å²) in [4.78, 5) is 14.8. The minimum atomic E-state index is -0.240. The maximum absolute atomic E-state index is 13.5. The number of likely N-dealkylation sites (tertiary alicyclic amines) is 1. The SMILES string of the molecule is O=C1CC(CN2CCC(c3ccccc3)CC2)Cc2cc(F)ccc21. The molecule has 1 fully saturated rings. The number of piperidine rings is 1. The van der Waals surface area contributed by atoms with Crippen LogP contribution in [0.2, 0.25) is 0 Å². The lowest BCUT2D eigenvalue weighted by atomic mass is 9.82. The van der Waals surface area contributed by atoms with Gasteiger partial charge >= 0.3 is 0 Å². The topological polar surface area (TPSA) is 20.3 Å². The Morgan fingerprint density at radius 2 is 1.76 bits per heavy atom. The smallest absolute Gasteiger partial charge is 0.163 e. The molecule has 25 heavy (non-hydrogen) atoms. The standard InChI is InChI=1S/C22H24FNO/c23-20-6-7-21-19(14-20)12-16(13-22(21)25)15-24-10-8-18(9-11-24)17-4-2-1-3-5-17/h1-7,14,16,18H,8-13,15H2. The van der Waals surface area contributed by atoms with Gasteiger partial charge in [-0.2, -0.15) is 0 Å². The second-order valence-corrected chi connectivity index (χ2v) is 7.48. The van der Waals surface area contributed by atoms with E-state index in [1.165, 1.54) is 24.5 Å². The van der Waals surface area contributed by atoms with Crippen LogP contribution in [0.4, 0.5) is 4.39 Å². The molecule has 0 bridgehead atoms. The van der Waals surface area contributed by atoms with Crippen LogP contribution in [0.3, 0.4) is 0 Å². The fraction of sp³-hybridized carbons (Fsp3) is 0.409. The van der Waals surface area contributed by atoms with Crippen molar-refractivity contribution < 1.29 is 9.18 Å². The molecule has 0 saturated carbocycles. The summed E-state index contributed by atoms with van der Waals surface area (Å²) >= 11 is 0. The molecule has 130 valence electrons. The maximum atomic E-state index is 13.5. The summed E-state index contributed by atoms with van der Waals surface area (Å²) in [6.07, 6.45) is 3.76. The van der Waals surface area contributed by atoms with Crippen molar-refractivity contribution in [3.05, 3.63) is 71.0 Å². The highest BCUT2D eigenvalue weighted by Gasteiger charge is 2.28. The zero-order chi connectivity index (χ0) is 17.2. The first-order chi connectivity index (χ1) is 12.2. The van der Waals surface area contributed by atoms with Crippen LogP contribution < -0.4 is 0 Å². The molecular formula is C22H24FNO. The second-order valence-electron chi connectivity index (χ2n) is 7.48. The lowest BCUT2D eigenvalue weighted by molar-refractivity contribution is 0.0921. The van der Waals surface area contributed by atoms with Crippen LogP contribution in [-0.2, 0) is 6.42 Å². The van der Waals surface area contributed by atoms with Gasteiger partial charge in [0.2, 0.25) is 0 Å². The number of hydrogen-bond donors (Lipinski definition) is 0. The Balaban J connectivity index is 1.36. The molecule has 2 aliphatic rings. The molecule has 0 spiro atoms. The minimum absolute atomic E-state index is 0.172. The molecule has 1 atom stereocenters. The Morgan fingerprint density at radius 1 is 1.00 bits per heavy atom. The first-order valence-electron chi connectivity index (χ1n) is 9.28. The van der Waals surface area contributed by atoms with Gasteiger partial charge in [0.25, 0.3) is 0 Å². The van der Waals surface area contributed by atoms with E-state index in [0.717, 1.165) is 37.2 Å². The third-order valence-electron chi connectivity index (χ3n) is 5.73. The molecule has 2 aromatic carbocycles. The molecular weight excluding hydrogens is 313 g/mol. The highest BCUT2D eigenvalue weighted by molar-refractivity contribution is 5.98. The van der Waals surface area contributed by atoms with Crippen LogP contribution in [0.15, 0.2) is 48.5 Å². The highest BCUT2D eigenvalue weighted by atomic mass is 19.1. The first kappa shape index (κ1) is 16.5. The normalized spacial score (nSPS) is 22.0. The zero-order valence-electron chi connectivity index (χ0n) is 14.5. The monoisotopic (exact) mass is 337 g/mol. The van der Waals surface area contributed by atoms with Crippen molar-refractivity contribution in [2.45, 2.75) is 31.6 Å². The van der Waals surface area contributed by atoms with Crippen LogP contribution in [0.5, 0.6) is 0 Å². The van der Waals surface area contributed by atoms with Gasteiger partial charge in [-0.3, -0.25) is 4.79 Å². The Morgan fingerprint density at radius 3 is 2.52 bits per heavy atom. The molecule has 1 unspecified atom stereocenters. The summed E-state index contributed by atoms with van der Waals surface area (Å²) in [6.45, 7) is 3.11. The van der Waals surface area contributed by atoms with Crippen molar-refractivity contribution in [3.8, 4) is 0 Å². The molecule has 0 radical (unpaired) electrons. The number of rotatable bonds is 3. The van der Waals surface area contributed by atoms with Gasteiger partial charge in [0, 0.05) is 18.5 Å². The molecule has 0 aromatic heterocycles. The summed E-state index contributed by atoms with van der Waals surface area (Å²) in [6, 6.07) is 15.3. The molecule has 1 saturated heterocycles. The Hall–Kier alpha value is -2.00. The number of carbonyl (C=O) groups is 1.